The van der Waals surface area contributed by atoms with E-state index < -0.39 is 5.91 Å². The highest BCUT2D eigenvalue weighted by Crippen LogP contribution is 2.28. The molecule has 1 unspecified atom stereocenters. The van der Waals surface area contributed by atoms with Gasteiger partial charge in [-0.25, -0.2) is 5.48 Å². The summed E-state index contributed by atoms with van der Waals surface area (Å²) in [5.41, 5.74) is 5.26. The van der Waals surface area contributed by atoms with Crippen molar-refractivity contribution in [2.24, 2.45) is 0 Å². The van der Waals surface area contributed by atoms with Crippen molar-refractivity contribution in [1.82, 2.24) is 20.2 Å². The number of hydroxylamine groups is 1. The van der Waals surface area contributed by atoms with E-state index in [1.807, 2.05) is 61.5 Å². The van der Waals surface area contributed by atoms with E-state index in [1.165, 1.54) is 0 Å². The van der Waals surface area contributed by atoms with Crippen LogP contribution in [0.3, 0.4) is 0 Å². The lowest BCUT2D eigenvalue weighted by molar-refractivity contribution is 0.0634. The first-order valence-corrected chi connectivity index (χ1v) is 9.07. The number of aromatic nitrogens is 2. The number of benzene rings is 2. The molecule has 0 aliphatic carbocycles. The topological polar surface area (TPSA) is 87.5 Å². The van der Waals surface area contributed by atoms with E-state index in [2.05, 4.69) is 5.10 Å². The molecule has 7 heteroatoms. The molecule has 2 aromatic carbocycles. The average molecular weight is 376 g/mol. The lowest BCUT2D eigenvalue weighted by Crippen LogP contribution is -2.41. The monoisotopic (exact) mass is 376 g/mol. The van der Waals surface area contributed by atoms with Crippen molar-refractivity contribution in [1.29, 1.82) is 0 Å². The quantitative estimate of drug-likeness (QED) is 0.544. The van der Waals surface area contributed by atoms with Gasteiger partial charge in [0.25, 0.3) is 11.8 Å². The fourth-order valence-corrected chi connectivity index (χ4v) is 3.55. The number of amides is 2. The van der Waals surface area contributed by atoms with Crippen LogP contribution < -0.4 is 5.48 Å². The molecule has 1 aliphatic heterocycles. The minimum absolute atomic E-state index is 0.0623. The van der Waals surface area contributed by atoms with Crippen molar-refractivity contribution < 1.29 is 14.8 Å². The van der Waals surface area contributed by atoms with Gasteiger partial charge >= 0.3 is 0 Å². The maximum atomic E-state index is 13.0. The van der Waals surface area contributed by atoms with Crippen LogP contribution in [0.15, 0.2) is 60.7 Å². The summed E-state index contributed by atoms with van der Waals surface area (Å²) in [5.74, 6) is -0.726. The van der Waals surface area contributed by atoms with Crippen molar-refractivity contribution in [2.45, 2.75) is 19.5 Å². The standard InChI is InChI=1S/C21H20N4O3/c1-14-19-13-18(20(26)23-28)22-25(19)12-11-24(14)21(27)17-9-7-16(8-10-17)15-5-3-2-4-6-15/h2-10,13-14,28H,11-12H2,1H3,(H,23,26). The Morgan fingerprint density at radius 1 is 1.04 bits per heavy atom. The second-order valence-electron chi connectivity index (χ2n) is 6.74. The molecule has 0 saturated heterocycles. The normalized spacial score (nSPS) is 15.8. The molecule has 3 aromatic rings. The summed E-state index contributed by atoms with van der Waals surface area (Å²) >= 11 is 0. The second-order valence-corrected chi connectivity index (χ2v) is 6.74. The smallest absolute Gasteiger partial charge is 0.295 e. The van der Waals surface area contributed by atoms with Gasteiger partial charge in [-0.05, 0) is 36.2 Å². The van der Waals surface area contributed by atoms with E-state index in [0.717, 1.165) is 16.8 Å². The van der Waals surface area contributed by atoms with Crippen molar-refractivity contribution in [2.75, 3.05) is 6.54 Å². The molecule has 2 amide bonds. The van der Waals surface area contributed by atoms with E-state index >= 15 is 0 Å². The van der Waals surface area contributed by atoms with E-state index in [1.54, 1.807) is 21.1 Å². The van der Waals surface area contributed by atoms with Crippen LogP contribution in [-0.2, 0) is 6.54 Å². The van der Waals surface area contributed by atoms with E-state index in [0.29, 0.717) is 18.7 Å². The number of fused-ring (bicyclic) bond motifs is 1. The Morgan fingerprint density at radius 3 is 2.39 bits per heavy atom. The molecule has 0 spiro atoms. The summed E-state index contributed by atoms with van der Waals surface area (Å²) in [7, 11) is 0. The van der Waals surface area contributed by atoms with Gasteiger partial charge in [-0.15, -0.1) is 0 Å². The fourth-order valence-electron chi connectivity index (χ4n) is 3.55. The first-order valence-electron chi connectivity index (χ1n) is 9.07. The van der Waals surface area contributed by atoms with Gasteiger partial charge in [0.15, 0.2) is 5.69 Å². The lowest BCUT2D eigenvalue weighted by Gasteiger charge is -2.34. The van der Waals surface area contributed by atoms with Crippen LogP contribution in [0.1, 0.15) is 39.5 Å². The van der Waals surface area contributed by atoms with Crippen LogP contribution in [0.2, 0.25) is 0 Å². The summed E-state index contributed by atoms with van der Waals surface area (Å²) in [6.07, 6.45) is 0. The highest BCUT2D eigenvalue weighted by atomic mass is 16.5. The number of hydrogen-bond donors (Lipinski definition) is 2. The highest BCUT2D eigenvalue weighted by Gasteiger charge is 2.30. The van der Waals surface area contributed by atoms with Gasteiger partial charge in [0, 0.05) is 12.1 Å². The number of rotatable bonds is 3. The predicted octanol–water partition coefficient (Wildman–Crippen LogP) is 2.89. The van der Waals surface area contributed by atoms with Crippen molar-refractivity contribution in [3.05, 3.63) is 77.6 Å². The molecular weight excluding hydrogens is 356 g/mol. The molecular formula is C21H20N4O3. The Labute approximate surface area is 162 Å². The summed E-state index contributed by atoms with van der Waals surface area (Å²) in [5, 5.41) is 13.0. The Kier molecular flexibility index (Phi) is 4.67. The molecule has 7 nitrogen and oxygen atoms in total. The van der Waals surface area contributed by atoms with Gasteiger partial charge < -0.3 is 4.90 Å². The molecule has 2 heterocycles. The number of nitrogens with zero attached hydrogens (tertiary/aromatic N) is 3. The molecule has 142 valence electrons. The second kappa shape index (κ2) is 7.28. The summed E-state index contributed by atoms with van der Waals surface area (Å²) in [6.45, 7) is 2.89. The SMILES string of the molecule is CC1c2cc(C(=O)NO)nn2CCN1C(=O)c1ccc(-c2ccccc2)cc1. The number of nitrogens with one attached hydrogen (secondary N) is 1. The van der Waals surface area contributed by atoms with Gasteiger partial charge in [0.2, 0.25) is 0 Å². The molecule has 28 heavy (non-hydrogen) atoms. The molecule has 1 aromatic heterocycles. The zero-order valence-electron chi connectivity index (χ0n) is 15.4. The van der Waals surface area contributed by atoms with Crippen LogP contribution in [0.25, 0.3) is 11.1 Å². The highest BCUT2D eigenvalue weighted by molar-refractivity contribution is 5.95. The number of carbonyl (C=O) groups is 2. The molecule has 0 fully saturated rings. The molecule has 0 radical (unpaired) electrons. The molecule has 0 saturated carbocycles. The van der Waals surface area contributed by atoms with Crippen LogP contribution in [0.5, 0.6) is 0 Å². The van der Waals surface area contributed by atoms with E-state index in [4.69, 9.17) is 5.21 Å². The van der Waals surface area contributed by atoms with Crippen molar-refractivity contribution >= 4 is 11.8 Å². The molecule has 1 atom stereocenters. The van der Waals surface area contributed by atoms with Gasteiger partial charge in [0.1, 0.15) is 0 Å². The van der Waals surface area contributed by atoms with Gasteiger partial charge in [-0.3, -0.25) is 19.5 Å². The zero-order chi connectivity index (χ0) is 19.7. The summed E-state index contributed by atoms with van der Waals surface area (Å²) in [4.78, 5) is 26.4. The van der Waals surface area contributed by atoms with Crippen LogP contribution in [0.4, 0.5) is 0 Å². The Hall–Kier alpha value is -3.45. The van der Waals surface area contributed by atoms with Gasteiger partial charge in [-0.2, -0.15) is 5.10 Å². The molecule has 1 aliphatic rings. The number of hydrogen-bond acceptors (Lipinski definition) is 4. The fraction of sp³-hybridized carbons (Fsp3) is 0.190. The van der Waals surface area contributed by atoms with E-state index in [-0.39, 0.29) is 17.6 Å². The third-order valence-electron chi connectivity index (χ3n) is 5.09. The Morgan fingerprint density at radius 2 is 1.71 bits per heavy atom. The Bertz CT molecular complexity index is 1010. The van der Waals surface area contributed by atoms with Crippen LogP contribution in [0, 0.1) is 0 Å². The summed E-state index contributed by atoms with van der Waals surface area (Å²) in [6, 6.07) is 19.0. The third-order valence-corrected chi connectivity index (χ3v) is 5.09. The molecule has 2 N–H and O–H groups in total. The largest absolute Gasteiger partial charge is 0.328 e. The summed E-state index contributed by atoms with van der Waals surface area (Å²) < 4.78 is 1.71. The maximum Gasteiger partial charge on any atom is 0.295 e. The Balaban J connectivity index is 1.55. The first kappa shape index (κ1) is 17.9. The number of carbonyl (C=O) groups excluding carboxylic acids is 2. The van der Waals surface area contributed by atoms with Gasteiger partial charge in [0.05, 0.1) is 18.3 Å². The average Bonchev–Trinajstić information content (AvgIpc) is 3.19. The van der Waals surface area contributed by atoms with Crippen LogP contribution >= 0.6 is 0 Å². The van der Waals surface area contributed by atoms with E-state index in [9.17, 15) is 9.59 Å². The third kappa shape index (κ3) is 3.16. The minimum Gasteiger partial charge on any atom is -0.328 e. The first-order chi connectivity index (χ1) is 13.6. The van der Waals surface area contributed by atoms with Gasteiger partial charge in [-0.1, -0.05) is 42.5 Å². The lowest BCUT2D eigenvalue weighted by atomic mass is 10.0. The van der Waals surface area contributed by atoms with Crippen LogP contribution in [-0.4, -0.2) is 38.2 Å². The predicted molar refractivity (Wildman–Crippen MR) is 103 cm³/mol. The molecule has 4 rings (SSSR count). The van der Waals surface area contributed by atoms with Crippen molar-refractivity contribution in [3.63, 3.8) is 0 Å². The molecule has 0 bridgehead atoms. The zero-order valence-corrected chi connectivity index (χ0v) is 15.4. The maximum absolute atomic E-state index is 13.0. The van der Waals surface area contributed by atoms with Crippen molar-refractivity contribution in [3.8, 4) is 11.1 Å². The minimum atomic E-state index is -0.663.